The molecule has 3 nitrogen and oxygen atoms in total. The van der Waals surface area contributed by atoms with E-state index in [2.05, 4.69) is 88.5 Å². The molecule has 0 spiro atoms. The van der Waals surface area contributed by atoms with E-state index in [0.717, 1.165) is 32.8 Å². The van der Waals surface area contributed by atoms with Crippen LogP contribution in [0.1, 0.15) is 16.8 Å². The maximum Gasteiger partial charge on any atom is 0.0589 e. The van der Waals surface area contributed by atoms with E-state index in [0.29, 0.717) is 0 Å². The normalized spacial score (nSPS) is 11.1. The van der Waals surface area contributed by atoms with Crippen molar-refractivity contribution in [3.8, 4) is 0 Å². The molecular weight excluding hydrogens is 308 g/mol. The van der Waals surface area contributed by atoms with Crippen LogP contribution < -0.4 is 0 Å². The zero-order valence-corrected chi connectivity index (χ0v) is 14.8. The molecule has 0 saturated heterocycles. The molecule has 0 aliphatic rings. The largest absolute Gasteiger partial charge is 0.383 e. The van der Waals surface area contributed by atoms with Crippen molar-refractivity contribution in [3.63, 3.8) is 0 Å². The molecule has 0 unspecified atom stereocenters. The molecule has 0 aliphatic heterocycles. The van der Waals surface area contributed by atoms with Crippen molar-refractivity contribution in [1.29, 1.82) is 0 Å². The van der Waals surface area contributed by atoms with Gasteiger partial charge < -0.3 is 9.30 Å². The number of benzene rings is 2. The van der Waals surface area contributed by atoms with E-state index in [1.807, 2.05) is 0 Å². The van der Waals surface area contributed by atoms with E-state index in [-0.39, 0.29) is 0 Å². The second kappa shape index (κ2) is 9.21. The zero-order chi connectivity index (χ0) is 17.3. The molecule has 0 radical (unpaired) electrons. The van der Waals surface area contributed by atoms with Crippen LogP contribution in [0, 0.1) is 0 Å². The molecule has 0 N–H and O–H groups in total. The summed E-state index contributed by atoms with van der Waals surface area (Å²) < 4.78 is 7.64. The van der Waals surface area contributed by atoms with Gasteiger partial charge in [-0.15, -0.1) is 0 Å². The summed E-state index contributed by atoms with van der Waals surface area (Å²) >= 11 is 0. The molecule has 0 saturated carbocycles. The van der Waals surface area contributed by atoms with Crippen LogP contribution in [0.4, 0.5) is 0 Å². The Labute approximate surface area is 150 Å². The van der Waals surface area contributed by atoms with Crippen molar-refractivity contribution in [2.24, 2.45) is 0 Å². The molecule has 130 valence electrons. The lowest BCUT2D eigenvalue weighted by Crippen LogP contribution is -2.27. The van der Waals surface area contributed by atoms with Gasteiger partial charge in [-0.3, -0.25) is 4.90 Å². The summed E-state index contributed by atoms with van der Waals surface area (Å²) in [6, 6.07) is 25.6. The first-order valence-electron chi connectivity index (χ1n) is 8.78. The number of hydrogen-bond acceptors (Lipinski definition) is 2. The van der Waals surface area contributed by atoms with Crippen molar-refractivity contribution in [1.82, 2.24) is 9.47 Å². The predicted molar refractivity (Wildman–Crippen MR) is 102 cm³/mol. The molecule has 1 aromatic heterocycles. The summed E-state index contributed by atoms with van der Waals surface area (Å²) in [5, 5.41) is 0. The highest BCUT2D eigenvalue weighted by atomic mass is 16.5. The standard InChI is InChI=1S/C22H26N2O/c1-25-16-15-23(17-20-9-4-2-5-10-20)19-22-13-8-14-24(22)18-21-11-6-3-7-12-21/h2-14H,15-19H2,1H3. The fourth-order valence-electron chi connectivity index (χ4n) is 3.03. The highest BCUT2D eigenvalue weighted by molar-refractivity contribution is 5.18. The van der Waals surface area contributed by atoms with Crippen LogP contribution in [0.15, 0.2) is 79.0 Å². The first-order valence-corrected chi connectivity index (χ1v) is 8.78. The Hall–Kier alpha value is -2.36. The van der Waals surface area contributed by atoms with E-state index in [9.17, 15) is 0 Å². The maximum absolute atomic E-state index is 5.31. The molecular formula is C22H26N2O. The SMILES string of the molecule is COCCN(Cc1ccccc1)Cc1cccn1Cc1ccccc1. The van der Waals surface area contributed by atoms with E-state index >= 15 is 0 Å². The van der Waals surface area contributed by atoms with Crippen LogP contribution >= 0.6 is 0 Å². The highest BCUT2D eigenvalue weighted by Crippen LogP contribution is 2.13. The number of ether oxygens (including phenoxy) is 1. The Morgan fingerprint density at radius 3 is 2.16 bits per heavy atom. The second-order valence-electron chi connectivity index (χ2n) is 6.30. The average molecular weight is 334 g/mol. The molecule has 0 aliphatic carbocycles. The molecule has 2 aromatic carbocycles. The number of nitrogens with zero attached hydrogens (tertiary/aromatic N) is 2. The smallest absolute Gasteiger partial charge is 0.0589 e. The first-order chi connectivity index (χ1) is 12.3. The van der Waals surface area contributed by atoms with Crippen LogP contribution in [0.5, 0.6) is 0 Å². The minimum absolute atomic E-state index is 0.742. The van der Waals surface area contributed by atoms with Crippen LogP contribution in [0.2, 0.25) is 0 Å². The van der Waals surface area contributed by atoms with Crippen molar-refractivity contribution >= 4 is 0 Å². The van der Waals surface area contributed by atoms with Gasteiger partial charge in [-0.25, -0.2) is 0 Å². The maximum atomic E-state index is 5.31. The van der Waals surface area contributed by atoms with Gasteiger partial charge in [0.1, 0.15) is 0 Å². The van der Waals surface area contributed by atoms with E-state index in [1.165, 1.54) is 16.8 Å². The Bertz CT molecular complexity index is 737. The molecule has 0 amide bonds. The molecule has 0 fully saturated rings. The lowest BCUT2D eigenvalue weighted by molar-refractivity contribution is 0.138. The Morgan fingerprint density at radius 1 is 0.800 bits per heavy atom. The quantitative estimate of drug-likeness (QED) is 0.584. The zero-order valence-electron chi connectivity index (χ0n) is 14.8. The molecule has 3 aromatic rings. The molecule has 0 atom stereocenters. The predicted octanol–water partition coefficient (Wildman–Crippen LogP) is 4.19. The van der Waals surface area contributed by atoms with Crippen molar-refractivity contribution in [3.05, 3.63) is 95.8 Å². The van der Waals surface area contributed by atoms with Gasteiger partial charge in [-0.2, -0.15) is 0 Å². The minimum Gasteiger partial charge on any atom is -0.383 e. The fourth-order valence-corrected chi connectivity index (χ4v) is 3.03. The summed E-state index contributed by atoms with van der Waals surface area (Å²) in [7, 11) is 1.76. The van der Waals surface area contributed by atoms with Gasteiger partial charge in [0, 0.05) is 45.2 Å². The van der Waals surface area contributed by atoms with Crippen LogP contribution in [-0.4, -0.2) is 29.7 Å². The molecule has 3 rings (SSSR count). The van der Waals surface area contributed by atoms with Gasteiger partial charge in [-0.05, 0) is 23.3 Å². The number of methoxy groups -OCH3 is 1. The molecule has 25 heavy (non-hydrogen) atoms. The van der Waals surface area contributed by atoms with Crippen molar-refractivity contribution in [2.75, 3.05) is 20.3 Å². The van der Waals surface area contributed by atoms with Gasteiger partial charge >= 0.3 is 0 Å². The van der Waals surface area contributed by atoms with E-state index in [1.54, 1.807) is 7.11 Å². The molecule has 0 bridgehead atoms. The summed E-state index contributed by atoms with van der Waals surface area (Å²) in [5.41, 5.74) is 3.99. The third-order valence-electron chi connectivity index (χ3n) is 4.37. The summed E-state index contributed by atoms with van der Waals surface area (Å²) in [6.07, 6.45) is 2.17. The third-order valence-corrected chi connectivity index (χ3v) is 4.37. The first kappa shape index (κ1) is 17.5. The average Bonchev–Trinajstić information content (AvgIpc) is 3.08. The topological polar surface area (TPSA) is 17.4 Å². The van der Waals surface area contributed by atoms with Crippen LogP contribution in [0.3, 0.4) is 0 Å². The number of hydrogen-bond donors (Lipinski definition) is 0. The van der Waals surface area contributed by atoms with Crippen LogP contribution in [-0.2, 0) is 24.4 Å². The van der Waals surface area contributed by atoms with E-state index in [4.69, 9.17) is 4.74 Å². The minimum atomic E-state index is 0.742. The van der Waals surface area contributed by atoms with Gasteiger partial charge in [0.05, 0.1) is 6.61 Å². The Balaban J connectivity index is 1.70. The van der Waals surface area contributed by atoms with Gasteiger partial charge in [0.25, 0.3) is 0 Å². The fraction of sp³-hybridized carbons (Fsp3) is 0.273. The summed E-state index contributed by atoms with van der Waals surface area (Å²) in [5.74, 6) is 0. The Morgan fingerprint density at radius 2 is 1.48 bits per heavy atom. The summed E-state index contributed by atoms with van der Waals surface area (Å²) in [6.45, 7) is 4.42. The number of aromatic nitrogens is 1. The monoisotopic (exact) mass is 334 g/mol. The van der Waals surface area contributed by atoms with Crippen molar-refractivity contribution < 1.29 is 4.74 Å². The van der Waals surface area contributed by atoms with Crippen molar-refractivity contribution in [2.45, 2.75) is 19.6 Å². The van der Waals surface area contributed by atoms with E-state index < -0.39 is 0 Å². The lowest BCUT2D eigenvalue weighted by atomic mass is 10.2. The second-order valence-corrected chi connectivity index (χ2v) is 6.30. The third kappa shape index (κ3) is 5.31. The lowest BCUT2D eigenvalue weighted by Gasteiger charge is -2.23. The molecule has 3 heteroatoms. The number of rotatable bonds is 9. The highest BCUT2D eigenvalue weighted by Gasteiger charge is 2.10. The van der Waals surface area contributed by atoms with Gasteiger partial charge in [0.15, 0.2) is 0 Å². The summed E-state index contributed by atoms with van der Waals surface area (Å²) in [4.78, 5) is 2.44. The Kier molecular flexibility index (Phi) is 6.43. The van der Waals surface area contributed by atoms with Gasteiger partial charge in [-0.1, -0.05) is 60.7 Å². The van der Waals surface area contributed by atoms with Gasteiger partial charge in [0.2, 0.25) is 0 Å². The molecule has 1 heterocycles. The van der Waals surface area contributed by atoms with Crippen LogP contribution in [0.25, 0.3) is 0 Å².